The molecule has 31 heavy (non-hydrogen) atoms. The molecule has 0 aliphatic rings. The molecule has 0 aliphatic heterocycles. The second-order valence-electron chi connectivity index (χ2n) is 8.01. The number of halogens is 3. The van der Waals surface area contributed by atoms with E-state index < -0.39 is 23.0 Å². The summed E-state index contributed by atoms with van der Waals surface area (Å²) in [5.74, 6) is -2.36. The monoisotopic (exact) mass is 440 g/mol. The smallest absolute Gasteiger partial charge is 0.220 e. The minimum absolute atomic E-state index is 0.0804. The van der Waals surface area contributed by atoms with Gasteiger partial charge in [-0.15, -0.1) is 11.3 Å². The summed E-state index contributed by atoms with van der Waals surface area (Å²) in [5.41, 5.74) is 5.81. The summed E-state index contributed by atoms with van der Waals surface area (Å²) in [7, 11) is 0. The van der Waals surface area contributed by atoms with Gasteiger partial charge in [0.2, 0.25) is 5.95 Å². The van der Waals surface area contributed by atoms with Crippen molar-refractivity contribution in [1.29, 1.82) is 0 Å². The van der Waals surface area contributed by atoms with Crippen molar-refractivity contribution < 1.29 is 13.2 Å². The summed E-state index contributed by atoms with van der Waals surface area (Å²) < 4.78 is 44.4. The highest BCUT2D eigenvalue weighted by molar-refractivity contribution is 7.15. The number of anilines is 1. The summed E-state index contributed by atoms with van der Waals surface area (Å²) in [6, 6.07) is 9.53. The molecule has 2 heterocycles. The molecule has 2 N–H and O–H groups in total. The van der Waals surface area contributed by atoms with Gasteiger partial charge in [0.1, 0.15) is 17.5 Å². The van der Waals surface area contributed by atoms with Gasteiger partial charge in [-0.2, -0.15) is 0 Å². The van der Waals surface area contributed by atoms with Crippen LogP contribution in [0.5, 0.6) is 0 Å². The zero-order chi connectivity index (χ0) is 22.3. The topological polar surface area (TPSA) is 64.7 Å². The number of hydrogen-bond acceptors (Lipinski definition) is 5. The van der Waals surface area contributed by atoms with Crippen molar-refractivity contribution in [2.75, 3.05) is 5.73 Å². The van der Waals surface area contributed by atoms with Gasteiger partial charge < -0.3 is 5.73 Å². The Morgan fingerprint density at radius 1 is 0.871 bits per heavy atom. The number of hydrogen-bond donors (Lipinski definition) is 1. The molecule has 0 spiro atoms. The number of rotatable bonds is 3. The average Bonchev–Trinajstić information content (AvgIpc) is 3.15. The molecule has 0 bridgehead atoms. The fourth-order valence-corrected chi connectivity index (χ4v) is 4.27. The van der Waals surface area contributed by atoms with Crippen LogP contribution in [0.1, 0.15) is 25.8 Å². The van der Waals surface area contributed by atoms with Crippen molar-refractivity contribution in [3.63, 3.8) is 0 Å². The van der Waals surface area contributed by atoms with E-state index in [0.29, 0.717) is 16.3 Å². The van der Waals surface area contributed by atoms with Crippen LogP contribution >= 0.6 is 11.3 Å². The van der Waals surface area contributed by atoms with E-state index >= 15 is 4.39 Å². The van der Waals surface area contributed by atoms with Crippen LogP contribution in [0.4, 0.5) is 19.1 Å². The maximum absolute atomic E-state index is 15.7. The van der Waals surface area contributed by atoms with Crippen LogP contribution in [0.3, 0.4) is 0 Å². The van der Waals surface area contributed by atoms with Gasteiger partial charge in [-0.25, -0.2) is 28.1 Å². The highest BCUT2D eigenvalue weighted by Crippen LogP contribution is 2.42. The molecule has 0 saturated carbocycles. The van der Waals surface area contributed by atoms with E-state index in [2.05, 4.69) is 15.0 Å². The van der Waals surface area contributed by atoms with Crippen LogP contribution in [-0.2, 0) is 5.41 Å². The minimum atomic E-state index is -0.839. The minimum Gasteiger partial charge on any atom is -0.368 e. The van der Waals surface area contributed by atoms with E-state index in [1.54, 1.807) is 12.1 Å². The van der Waals surface area contributed by atoms with Gasteiger partial charge in [0, 0.05) is 22.7 Å². The van der Waals surface area contributed by atoms with E-state index in [9.17, 15) is 8.78 Å². The third-order valence-corrected chi connectivity index (χ3v) is 6.17. The maximum atomic E-state index is 15.7. The molecule has 0 amide bonds. The largest absolute Gasteiger partial charge is 0.368 e. The van der Waals surface area contributed by atoms with Crippen molar-refractivity contribution in [1.82, 2.24) is 15.0 Å². The van der Waals surface area contributed by atoms with Crippen LogP contribution < -0.4 is 5.73 Å². The van der Waals surface area contributed by atoms with Gasteiger partial charge in [-0.05, 0) is 24.3 Å². The van der Waals surface area contributed by atoms with Gasteiger partial charge in [0.25, 0.3) is 0 Å². The molecule has 0 aliphatic carbocycles. The summed E-state index contributed by atoms with van der Waals surface area (Å²) >= 11 is 1.37. The van der Waals surface area contributed by atoms with Crippen molar-refractivity contribution in [2.45, 2.75) is 26.2 Å². The third-order valence-electron chi connectivity index (χ3n) is 4.66. The lowest BCUT2D eigenvalue weighted by atomic mass is 9.97. The van der Waals surface area contributed by atoms with E-state index in [1.165, 1.54) is 35.7 Å². The van der Waals surface area contributed by atoms with Crippen LogP contribution in [0.15, 0.2) is 48.7 Å². The molecule has 0 unspecified atom stereocenters. The molecule has 8 heteroatoms. The Morgan fingerprint density at radius 3 is 2.16 bits per heavy atom. The van der Waals surface area contributed by atoms with Crippen molar-refractivity contribution >= 4 is 17.3 Å². The van der Waals surface area contributed by atoms with E-state index in [4.69, 9.17) is 5.73 Å². The number of thiazole rings is 1. The molecule has 2 aromatic carbocycles. The summed E-state index contributed by atoms with van der Waals surface area (Å²) in [5, 5.41) is 0.761. The Kier molecular flexibility index (Phi) is 5.26. The van der Waals surface area contributed by atoms with Crippen molar-refractivity contribution in [2.24, 2.45) is 0 Å². The molecule has 4 aromatic rings. The first-order chi connectivity index (χ1) is 14.7. The number of benzene rings is 2. The summed E-state index contributed by atoms with van der Waals surface area (Å²) in [6.45, 7) is 5.99. The highest BCUT2D eigenvalue weighted by atomic mass is 32.1. The quantitative estimate of drug-likeness (QED) is 0.410. The Hall–Kier alpha value is -3.26. The van der Waals surface area contributed by atoms with Gasteiger partial charge in [-0.1, -0.05) is 39.0 Å². The van der Waals surface area contributed by atoms with Gasteiger partial charge >= 0.3 is 0 Å². The van der Waals surface area contributed by atoms with Crippen molar-refractivity contribution in [3.8, 4) is 33.0 Å². The average molecular weight is 440 g/mol. The van der Waals surface area contributed by atoms with E-state index in [0.717, 1.165) is 17.1 Å². The molecule has 4 rings (SSSR count). The predicted molar refractivity (Wildman–Crippen MR) is 117 cm³/mol. The summed E-state index contributed by atoms with van der Waals surface area (Å²) in [4.78, 5) is 13.5. The molecular formula is C23H19F3N4S. The van der Waals surface area contributed by atoms with Crippen LogP contribution in [-0.4, -0.2) is 15.0 Å². The number of nitrogen functional groups attached to an aromatic ring is 1. The molecule has 158 valence electrons. The molecule has 2 aromatic heterocycles. The Morgan fingerprint density at radius 2 is 1.52 bits per heavy atom. The third kappa shape index (κ3) is 3.90. The first-order valence-corrected chi connectivity index (χ1v) is 10.3. The summed E-state index contributed by atoms with van der Waals surface area (Å²) in [6.07, 6.45) is 1.51. The first-order valence-electron chi connectivity index (χ1n) is 9.50. The SMILES string of the molecule is CC(C)(C)c1nc(-c2cccc(-c3c(F)cccc3F)c2F)c(-c2ccnc(N)n2)s1. The molecular weight excluding hydrogens is 421 g/mol. The van der Waals surface area contributed by atoms with Crippen LogP contribution in [0.25, 0.3) is 33.0 Å². The first kappa shape index (κ1) is 21.0. The lowest BCUT2D eigenvalue weighted by Gasteiger charge is -2.13. The molecule has 0 saturated heterocycles. The lowest BCUT2D eigenvalue weighted by molar-refractivity contribution is 0.581. The zero-order valence-corrected chi connectivity index (χ0v) is 17.9. The highest BCUT2D eigenvalue weighted by Gasteiger charge is 2.26. The van der Waals surface area contributed by atoms with E-state index in [1.807, 2.05) is 20.8 Å². The maximum Gasteiger partial charge on any atom is 0.220 e. The number of nitrogens with zero attached hydrogens (tertiary/aromatic N) is 3. The fraction of sp³-hybridized carbons (Fsp3) is 0.174. The fourth-order valence-electron chi connectivity index (χ4n) is 3.16. The van der Waals surface area contributed by atoms with Gasteiger partial charge in [0.15, 0.2) is 0 Å². The van der Waals surface area contributed by atoms with Crippen LogP contribution in [0, 0.1) is 17.5 Å². The molecule has 0 radical (unpaired) electrons. The standard InChI is InChI=1S/C23H19F3N4S/c1-23(2,3)21-30-19(20(31-21)16-10-11-28-22(27)29-16)13-7-4-6-12(18(13)26)17-14(24)8-5-9-15(17)25/h4-11H,1-3H3,(H2,27,28,29). The number of nitrogens with two attached hydrogens (primary N) is 1. The lowest BCUT2D eigenvalue weighted by Crippen LogP contribution is -2.10. The predicted octanol–water partition coefficient (Wildman–Crippen LogP) is 6.23. The van der Waals surface area contributed by atoms with E-state index in [-0.39, 0.29) is 22.5 Å². The molecule has 0 fully saturated rings. The molecule has 4 nitrogen and oxygen atoms in total. The zero-order valence-electron chi connectivity index (χ0n) is 17.1. The molecule has 0 atom stereocenters. The van der Waals surface area contributed by atoms with Crippen LogP contribution in [0.2, 0.25) is 0 Å². The normalized spacial score (nSPS) is 11.7. The number of aromatic nitrogens is 3. The second-order valence-corrected chi connectivity index (χ2v) is 9.01. The Balaban J connectivity index is 1.98. The van der Waals surface area contributed by atoms with Crippen molar-refractivity contribution in [3.05, 3.63) is 71.1 Å². The van der Waals surface area contributed by atoms with Gasteiger partial charge in [0.05, 0.1) is 26.8 Å². The Labute approximate surface area is 181 Å². The Bertz CT molecular complexity index is 1260. The second kappa shape index (κ2) is 7.77. The van der Waals surface area contributed by atoms with Gasteiger partial charge in [-0.3, -0.25) is 0 Å².